The number of ether oxygens (including phenoxy) is 2. The molecule has 3 aromatic heterocycles. The maximum Gasteiger partial charge on any atom is 0.259 e. The van der Waals surface area contributed by atoms with Gasteiger partial charge in [-0.1, -0.05) is 0 Å². The van der Waals surface area contributed by atoms with E-state index >= 15 is 0 Å². The summed E-state index contributed by atoms with van der Waals surface area (Å²) in [5, 5.41) is 10.4. The second-order valence-electron chi connectivity index (χ2n) is 7.28. The smallest absolute Gasteiger partial charge is 0.259 e. The molecule has 0 aliphatic rings. The zero-order valence-electron chi connectivity index (χ0n) is 18.0. The van der Waals surface area contributed by atoms with E-state index in [-0.39, 0.29) is 11.9 Å². The molecule has 1 aromatic carbocycles. The largest absolute Gasteiger partial charge is 0.497 e. The summed E-state index contributed by atoms with van der Waals surface area (Å²) in [7, 11) is 3.21. The number of methoxy groups -OCH3 is 2. The highest BCUT2D eigenvalue weighted by Crippen LogP contribution is 2.35. The molecule has 1 N–H and O–H groups in total. The number of aryl methyl sites for hydroxylation is 1. The van der Waals surface area contributed by atoms with Crippen molar-refractivity contribution in [1.29, 1.82) is 0 Å². The van der Waals surface area contributed by atoms with Crippen LogP contribution in [0.3, 0.4) is 0 Å². The quantitative estimate of drug-likeness (QED) is 0.470. The van der Waals surface area contributed by atoms with E-state index in [9.17, 15) is 4.79 Å². The Morgan fingerprint density at radius 3 is 2.68 bits per heavy atom. The molecule has 0 aliphatic carbocycles. The van der Waals surface area contributed by atoms with Crippen molar-refractivity contribution < 1.29 is 14.3 Å². The molecule has 0 aliphatic heterocycles. The van der Waals surface area contributed by atoms with Crippen LogP contribution in [-0.4, -0.2) is 39.9 Å². The lowest BCUT2D eigenvalue weighted by molar-refractivity contribution is 0.102. The Morgan fingerprint density at radius 2 is 1.97 bits per heavy atom. The Morgan fingerprint density at radius 1 is 1.16 bits per heavy atom. The first-order valence-electron chi connectivity index (χ1n) is 9.75. The van der Waals surface area contributed by atoms with Crippen molar-refractivity contribution in [3.8, 4) is 22.8 Å². The van der Waals surface area contributed by atoms with Crippen LogP contribution in [0.5, 0.6) is 11.5 Å². The lowest BCUT2D eigenvalue weighted by Crippen LogP contribution is -2.14. The predicted octanol–water partition coefficient (Wildman–Crippen LogP) is 4.71. The van der Waals surface area contributed by atoms with E-state index in [4.69, 9.17) is 9.47 Å². The number of hydrogen-bond acceptors (Lipinski definition) is 7. The van der Waals surface area contributed by atoms with Gasteiger partial charge in [0, 0.05) is 22.4 Å². The summed E-state index contributed by atoms with van der Waals surface area (Å²) >= 11 is 1.34. The number of benzene rings is 1. The van der Waals surface area contributed by atoms with E-state index in [0.717, 1.165) is 16.6 Å². The zero-order chi connectivity index (χ0) is 22.1. The molecule has 31 heavy (non-hydrogen) atoms. The first-order chi connectivity index (χ1) is 14.9. The monoisotopic (exact) mass is 437 g/mol. The normalized spacial score (nSPS) is 11.2. The number of carbonyl (C=O) groups is 1. The number of amides is 1. The van der Waals surface area contributed by atoms with E-state index < -0.39 is 0 Å². The molecular weight excluding hydrogens is 414 g/mol. The zero-order valence-corrected chi connectivity index (χ0v) is 18.8. The van der Waals surface area contributed by atoms with E-state index in [0.29, 0.717) is 33.6 Å². The number of aromatic nitrogens is 4. The third kappa shape index (κ3) is 3.96. The fourth-order valence-electron chi connectivity index (χ4n) is 3.31. The van der Waals surface area contributed by atoms with Gasteiger partial charge in [0.2, 0.25) is 0 Å². The summed E-state index contributed by atoms with van der Waals surface area (Å²) in [5.74, 6) is 1.12. The molecule has 4 aromatic rings. The molecule has 160 valence electrons. The van der Waals surface area contributed by atoms with Gasteiger partial charge in [-0.15, -0.1) is 11.3 Å². The van der Waals surface area contributed by atoms with Gasteiger partial charge in [0.15, 0.2) is 10.8 Å². The lowest BCUT2D eigenvalue weighted by atomic mass is 10.1. The molecule has 0 radical (unpaired) electrons. The topological polar surface area (TPSA) is 91.2 Å². The van der Waals surface area contributed by atoms with Gasteiger partial charge in [-0.05, 0) is 45.0 Å². The molecule has 0 saturated heterocycles. The highest BCUT2D eigenvalue weighted by Gasteiger charge is 2.18. The van der Waals surface area contributed by atoms with Gasteiger partial charge in [0.1, 0.15) is 11.5 Å². The molecule has 0 fully saturated rings. The molecule has 8 nitrogen and oxygen atoms in total. The number of pyridine rings is 1. The summed E-state index contributed by atoms with van der Waals surface area (Å²) in [6.45, 7) is 5.91. The molecule has 9 heteroatoms. The third-order valence-corrected chi connectivity index (χ3v) is 5.66. The second-order valence-corrected chi connectivity index (χ2v) is 8.13. The van der Waals surface area contributed by atoms with Gasteiger partial charge < -0.3 is 9.47 Å². The van der Waals surface area contributed by atoms with Crippen molar-refractivity contribution in [2.45, 2.75) is 26.8 Å². The van der Waals surface area contributed by atoms with Crippen LogP contribution in [0.2, 0.25) is 0 Å². The summed E-state index contributed by atoms with van der Waals surface area (Å²) in [4.78, 5) is 22.1. The molecule has 0 saturated carbocycles. The molecule has 3 heterocycles. The third-order valence-electron chi connectivity index (χ3n) is 4.90. The minimum absolute atomic E-state index is 0.186. The minimum Gasteiger partial charge on any atom is -0.497 e. The van der Waals surface area contributed by atoms with Crippen LogP contribution in [0, 0.1) is 6.92 Å². The maximum atomic E-state index is 12.9. The molecule has 1 amide bonds. The number of rotatable bonds is 6. The van der Waals surface area contributed by atoms with Crippen LogP contribution >= 0.6 is 11.3 Å². The highest BCUT2D eigenvalue weighted by atomic mass is 32.1. The van der Waals surface area contributed by atoms with E-state index in [1.54, 1.807) is 20.4 Å². The van der Waals surface area contributed by atoms with Gasteiger partial charge in [-0.25, -0.2) is 14.6 Å². The molecule has 0 unspecified atom stereocenters. The van der Waals surface area contributed by atoms with Gasteiger partial charge in [-0.3, -0.25) is 10.1 Å². The fraction of sp³-hybridized carbons (Fsp3) is 0.273. The van der Waals surface area contributed by atoms with Crippen molar-refractivity contribution in [2.24, 2.45) is 0 Å². The molecule has 0 atom stereocenters. The Bertz CT molecular complexity index is 1260. The van der Waals surface area contributed by atoms with Gasteiger partial charge in [0.25, 0.3) is 5.91 Å². The standard InChI is InChI=1S/C22H23N5O3S/c1-12(2)27-20-14(10-23-27)8-16(13(3)24-20)21(28)26-22-25-18(11-31-22)17-9-15(29-4)6-7-19(17)30-5/h6-12H,1-5H3,(H,25,26,28). The average molecular weight is 438 g/mol. The van der Waals surface area contributed by atoms with Crippen molar-refractivity contribution in [2.75, 3.05) is 19.5 Å². The van der Waals surface area contributed by atoms with E-state index in [1.165, 1.54) is 11.3 Å². The number of thiazole rings is 1. The molecule has 0 bridgehead atoms. The Balaban J connectivity index is 1.61. The Hall–Kier alpha value is -3.46. The van der Waals surface area contributed by atoms with Crippen LogP contribution in [0.1, 0.15) is 35.9 Å². The number of nitrogens with one attached hydrogen (secondary N) is 1. The maximum absolute atomic E-state index is 12.9. The number of carbonyl (C=O) groups excluding carboxylic acids is 1. The predicted molar refractivity (Wildman–Crippen MR) is 121 cm³/mol. The molecule has 0 spiro atoms. The number of nitrogens with zero attached hydrogens (tertiary/aromatic N) is 4. The first kappa shape index (κ1) is 20.8. The van der Waals surface area contributed by atoms with Gasteiger partial charge >= 0.3 is 0 Å². The van der Waals surface area contributed by atoms with Crippen LogP contribution in [0.15, 0.2) is 35.8 Å². The van der Waals surface area contributed by atoms with E-state index in [2.05, 4.69) is 20.4 Å². The Labute approximate surface area is 183 Å². The molecular formula is C22H23N5O3S. The van der Waals surface area contributed by atoms with Crippen molar-refractivity contribution in [3.63, 3.8) is 0 Å². The number of hydrogen-bond donors (Lipinski definition) is 1. The van der Waals surface area contributed by atoms with Crippen molar-refractivity contribution >= 4 is 33.4 Å². The van der Waals surface area contributed by atoms with E-state index in [1.807, 2.05) is 55.1 Å². The number of anilines is 1. The number of fused-ring (bicyclic) bond motifs is 1. The fourth-order valence-corrected chi connectivity index (χ4v) is 4.01. The minimum atomic E-state index is -0.261. The SMILES string of the molecule is COc1ccc(OC)c(-c2csc(NC(=O)c3cc4cnn(C(C)C)c4nc3C)n2)c1. The van der Waals surface area contributed by atoms with Gasteiger partial charge in [0.05, 0.1) is 37.4 Å². The van der Waals surface area contributed by atoms with Crippen LogP contribution < -0.4 is 14.8 Å². The average Bonchev–Trinajstić information content (AvgIpc) is 3.39. The van der Waals surface area contributed by atoms with Crippen LogP contribution in [0.25, 0.3) is 22.3 Å². The summed E-state index contributed by atoms with van der Waals surface area (Å²) in [5.41, 5.74) is 3.38. The van der Waals surface area contributed by atoms with Crippen molar-refractivity contribution in [1.82, 2.24) is 19.7 Å². The summed E-state index contributed by atoms with van der Waals surface area (Å²) < 4.78 is 12.6. The first-order valence-corrected chi connectivity index (χ1v) is 10.6. The van der Waals surface area contributed by atoms with Gasteiger partial charge in [-0.2, -0.15) is 5.10 Å². The molecule has 4 rings (SSSR count). The highest BCUT2D eigenvalue weighted by molar-refractivity contribution is 7.14. The lowest BCUT2D eigenvalue weighted by Gasteiger charge is -2.09. The summed E-state index contributed by atoms with van der Waals surface area (Å²) in [6.07, 6.45) is 1.73. The Kier molecular flexibility index (Phi) is 5.60. The van der Waals surface area contributed by atoms with Crippen molar-refractivity contribution in [3.05, 3.63) is 47.1 Å². The second kappa shape index (κ2) is 8.35. The van der Waals surface area contributed by atoms with Crippen LogP contribution in [-0.2, 0) is 0 Å². The summed E-state index contributed by atoms with van der Waals surface area (Å²) in [6, 6.07) is 7.51. The van der Waals surface area contributed by atoms with Crippen LogP contribution in [0.4, 0.5) is 5.13 Å².